The number of amides is 1. The highest BCUT2D eigenvalue weighted by Gasteiger charge is 2.11. The van der Waals surface area contributed by atoms with Crippen molar-refractivity contribution in [2.24, 2.45) is 0 Å². The second-order valence-corrected chi connectivity index (χ2v) is 6.50. The molecule has 0 bridgehead atoms. The number of hydrogen-bond donors (Lipinski definition) is 2. The van der Waals surface area contributed by atoms with Crippen molar-refractivity contribution in [1.82, 2.24) is 0 Å². The molecule has 0 fully saturated rings. The first-order valence-corrected chi connectivity index (χ1v) is 7.65. The lowest BCUT2D eigenvalue weighted by Gasteiger charge is -2.06. The fourth-order valence-electron chi connectivity index (χ4n) is 1.68. The Morgan fingerprint density at radius 1 is 1.29 bits per heavy atom. The van der Waals surface area contributed by atoms with Crippen LogP contribution in [-0.2, 0) is 4.79 Å². The predicted molar refractivity (Wildman–Crippen MR) is 87.8 cm³/mol. The van der Waals surface area contributed by atoms with Crippen molar-refractivity contribution >= 4 is 50.9 Å². The minimum atomic E-state index is -1.09. The van der Waals surface area contributed by atoms with Gasteiger partial charge in [-0.05, 0) is 43.3 Å². The first kappa shape index (κ1) is 15.5. The zero-order chi connectivity index (χ0) is 15.4. The van der Waals surface area contributed by atoms with E-state index in [1.165, 1.54) is 12.1 Å². The number of halogens is 1. The van der Waals surface area contributed by atoms with E-state index in [1.807, 2.05) is 19.1 Å². The Labute approximate surface area is 134 Å². The number of hydrogen-bond acceptors (Lipinski definition) is 3. The molecule has 1 amide bonds. The van der Waals surface area contributed by atoms with E-state index in [4.69, 9.17) is 5.11 Å². The van der Waals surface area contributed by atoms with Crippen LogP contribution in [0.1, 0.15) is 20.1 Å². The number of thiophene rings is 1. The Morgan fingerprint density at radius 3 is 2.67 bits per heavy atom. The maximum atomic E-state index is 11.9. The lowest BCUT2D eigenvalue weighted by Crippen LogP contribution is -2.11. The lowest BCUT2D eigenvalue weighted by atomic mass is 10.2. The maximum Gasteiger partial charge on any atom is 0.337 e. The molecule has 0 saturated heterocycles. The van der Waals surface area contributed by atoms with Gasteiger partial charge in [0.05, 0.1) is 11.3 Å². The second kappa shape index (κ2) is 6.69. The average molecular weight is 366 g/mol. The van der Waals surface area contributed by atoms with Gasteiger partial charge in [0.15, 0.2) is 0 Å². The maximum absolute atomic E-state index is 11.9. The molecular weight excluding hydrogens is 354 g/mol. The topological polar surface area (TPSA) is 66.4 Å². The summed E-state index contributed by atoms with van der Waals surface area (Å²) in [6, 6.07) is 8.57. The van der Waals surface area contributed by atoms with Gasteiger partial charge in [0.2, 0.25) is 5.91 Å². The summed E-state index contributed by atoms with van der Waals surface area (Å²) in [7, 11) is 0. The number of benzene rings is 1. The lowest BCUT2D eigenvalue weighted by molar-refractivity contribution is -0.111. The van der Waals surface area contributed by atoms with Gasteiger partial charge in [-0.15, -0.1) is 11.3 Å². The molecule has 0 radical (unpaired) electrons. The molecular formula is C15H12BrNO3S. The SMILES string of the molecule is Cc1ccc(C=CC(=O)Nc2ccc(Br)cc2C(=O)O)s1. The van der Waals surface area contributed by atoms with E-state index in [-0.39, 0.29) is 17.2 Å². The molecule has 0 unspecified atom stereocenters. The van der Waals surface area contributed by atoms with E-state index in [9.17, 15) is 9.59 Å². The number of rotatable bonds is 4. The van der Waals surface area contributed by atoms with Gasteiger partial charge in [-0.1, -0.05) is 15.9 Å². The molecule has 2 N–H and O–H groups in total. The van der Waals surface area contributed by atoms with Crippen LogP contribution in [0.5, 0.6) is 0 Å². The molecule has 21 heavy (non-hydrogen) atoms. The van der Waals surface area contributed by atoms with Gasteiger partial charge in [0.1, 0.15) is 0 Å². The number of aryl methyl sites for hydroxylation is 1. The highest BCUT2D eigenvalue weighted by Crippen LogP contribution is 2.21. The third-order valence-corrected chi connectivity index (χ3v) is 4.09. The van der Waals surface area contributed by atoms with Crippen LogP contribution in [0.15, 0.2) is 40.9 Å². The standard InChI is InChI=1S/C15H12BrNO3S/c1-9-2-4-11(21-9)5-7-14(18)17-13-6-3-10(16)8-12(13)15(19)20/h2-8H,1H3,(H,17,18)(H,19,20). The van der Waals surface area contributed by atoms with Crippen molar-refractivity contribution in [3.05, 3.63) is 56.2 Å². The number of carboxylic acids is 1. The molecule has 0 aliphatic heterocycles. The van der Waals surface area contributed by atoms with Crippen LogP contribution in [0, 0.1) is 6.92 Å². The van der Waals surface area contributed by atoms with Crippen LogP contribution in [0.25, 0.3) is 6.08 Å². The summed E-state index contributed by atoms with van der Waals surface area (Å²) < 4.78 is 0.641. The molecule has 0 aliphatic carbocycles. The third-order valence-electron chi connectivity index (χ3n) is 2.63. The molecule has 108 valence electrons. The number of carboxylic acid groups (broad SMARTS) is 1. The monoisotopic (exact) mass is 365 g/mol. The molecule has 0 spiro atoms. The number of carbonyl (C=O) groups is 2. The summed E-state index contributed by atoms with van der Waals surface area (Å²) in [4.78, 5) is 25.1. The van der Waals surface area contributed by atoms with Gasteiger partial charge in [-0.3, -0.25) is 4.79 Å². The van der Waals surface area contributed by atoms with Crippen molar-refractivity contribution in [3.8, 4) is 0 Å². The predicted octanol–water partition coefficient (Wildman–Crippen LogP) is 4.17. The Morgan fingerprint density at radius 2 is 2.05 bits per heavy atom. The third kappa shape index (κ3) is 4.27. The van der Waals surface area contributed by atoms with Crippen LogP contribution in [0.4, 0.5) is 5.69 Å². The van der Waals surface area contributed by atoms with E-state index < -0.39 is 5.97 Å². The molecule has 1 aromatic heterocycles. The minimum absolute atomic E-state index is 0.0399. The normalized spacial score (nSPS) is 10.8. The molecule has 2 rings (SSSR count). The van der Waals surface area contributed by atoms with Crippen LogP contribution < -0.4 is 5.32 Å². The minimum Gasteiger partial charge on any atom is -0.478 e. The Hall–Kier alpha value is -1.92. The quantitative estimate of drug-likeness (QED) is 0.799. The fraction of sp³-hybridized carbons (Fsp3) is 0.0667. The summed E-state index contributed by atoms with van der Waals surface area (Å²) in [6.45, 7) is 1.99. The van der Waals surface area contributed by atoms with E-state index in [2.05, 4.69) is 21.2 Å². The van der Waals surface area contributed by atoms with Crippen molar-refractivity contribution in [3.63, 3.8) is 0 Å². The number of carbonyl (C=O) groups excluding carboxylic acids is 1. The van der Waals surface area contributed by atoms with Crippen LogP contribution in [0.3, 0.4) is 0 Å². The van der Waals surface area contributed by atoms with E-state index >= 15 is 0 Å². The largest absolute Gasteiger partial charge is 0.478 e. The first-order valence-electron chi connectivity index (χ1n) is 6.04. The summed E-state index contributed by atoms with van der Waals surface area (Å²) in [5, 5.41) is 11.7. The number of nitrogens with one attached hydrogen (secondary N) is 1. The van der Waals surface area contributed by atoms with Gasteiger partial charge in [0, 0.05) is 20.3 Å². The van der Waals surface area contributed by atoms with Crippen LogP contribution >= 0.6 is 27.3 Å². The Kier molecular flexibility index (Phi) is 4.93. The van der Waals surface area contributed by atoms with Crippen molar-refractivity contribution in [1.29, 1.82) is 0 Å². The highest BCUT2D eigenvalue weighted by molar-refractivity contribution is 9.10. The van der Waals surface area contributed by atoms with Gasteiger partial charge in [-0.2, -0.15) is 0 Å². The Bertz CT molecular complexity index is 721. The first-order chi connectivity index (χ1) is 9.95. The highest BCUT2D eigenvalue weighted by atomic mass is 79.9. The van der Waals surface area contributed by atoms with Gasteiger partial charge in [-0.25, -0.2) is 4.79 Å². The van der Waals surface area contributed by atoms with Crippen molar-refractivity contribution < 1.29 is 14.7 Å². The Balaban J connectivity index is 2.13. The van der Waals surface area contributed by atoms with Gasteiger partial charge >= 0.3 is 5.97 Å². The summed E-state index contributed by atoms with van der Waals surface area (Å²) in [5.74, 6) is -1.46. The van der Waals surface area contributed by atoms with Gasteiger partial charge in [0.25, 0.3) is 0 Å². The second-order valence-electron chi connectivity index (χ2n) is 4.27. The van der Waals surface area contributed by atoms with Crippen molar-refractivity contribution in [2.45, 2.75) is 6.92 Å². The molecule has 1 heterocycles. The summed E-state index contributed by atoms with van der Waals surface area (Å²) in [6.07, 6.45) is 3.09. The smallest absolute Gasteiger partial charge is 0.337 e. The van der Waals surface area contributed by atoms with E-state index in [1.54, 1.807) is 29.5 Å². The molecule has 0 aliphatic rings. The number of aromatic carboxylic acids is 1. The average Bonchev–Trinajstić information content (AvgIpc) is 2.84. The van der Waals surface area contributed by atoms with Crippen LogP contribution in [-0.4, -0.2) is 17.0 Å². The molecule has 4 nitrogen and oxygen atoms in total. The fourth-order valence-corrected chi connectivity index (χ4v) is 2.82. The molecule has 0 saturated carbocycles. The summed E-state index contributed by atoms with van der Waals surface area (Å²) in [5.41, 5.74) is 0.306. The van der Waals surface area contributed by atoms with Crippen LogP contribution in [0.2, 0.25) is 0 Å². The molecule has 0 atom stereocenters. The zero-order valence-corrected chi connectivity index (χ0v) is 13.5. The molecule has 2 aromatic rings. The molecule has 1 aromatic carbocycles. The number of anilines is 1. The summed E-state index contributed by atoms with van der Waals surface area (Å²) >= 11 is 4.78. The van der Waals surface area contributed by atoms with Crippen molar-refractivity contribution in [2.75, 3.05) is 5.32 Å². The van der Waals surface area contributed by atoms with E-state index in [0.717, 1.165) is 9.75 Å². The van der Waals surface area contributed by atoms with E-state index in [0.29, 0.717) is 4.47 Å². The van der Waals surface area contributed by atoms with Gasteiger partial charge < -0.3 is 10.4 Å². The molecule has 6 heteroatoms. The zero-order valence-electron chi connectivity index (χ0n) is 11.1.